The predicted octanol–water partition coefficient (Wildman–Crippen LogP) is 3.11. The Morgan fingerprint density at radius 1 is 1.00 bits per heavy atom. The van der Waals surface area contributed by atoms with Gasteiger partial charge in [-0.25, -0.2) is 0 Å². The van der Waals surface area contributed by atoms with Crippen molar-refractivity contribution in [3.8, 4) is 28.7 Å². The van der Waals surface area contributed by atoms with E-state index in [0.29, 0.717) is 18.1 Å². The van der Waals surface area contributed by atoms with E-state index in [4.69, 9.17) is 28.4 Å². The largest absolute Gasteiger partial charge is 0.502 e. The number of benzene rings is 2. The lowest BCUT2D eigenvalue weighted by Crippen LogP contribution is -2.36. The van der Waals surface area contributed by atoms with Gasteiger partial charge < -0.3 is 38.4 Å². The summed E-state index contributed by atoms with van der Waals surface area (Å²) in [6.45, 7) is 1.67. The van der Waals surface area contributed by atoms with Gasteiger partial charge in [0.1, 0.15) is 0 Å². The Kier molecular flexibility index (Phi) is 7.21. The first-order valence-electron chi connectivity index (χ1n) is 11.2. The lowest BCUT2D eigenvalue weighted by atomic mass is 9.66. The van der Waals surface area contributed by atoms with E-state index in [1.54, 1.807) is 12.1 Å². The summed E-state index contributed by atoms with van der Waals surface area (Å²) in [5, 5.41) is 10.5. The van der Waals surface area contributed by atoms with Gasteiger partial charge in [0, 0.05) is 18.4 Å². The molecule has 2 aromatic carbocycles. The molecule has 0 spiro atoms. The van der Waals surface area contributed by atoms with Gasteiger partial charge in [0.05, 0.1) is 39.5 Å². The number of carbonyl (C=O) groups is 1. The van der Waals surface area contributed by atoms with E-state index in [2.05, 4.69) is 4.90 Å². The number of ether oxygens (including phenoxy) is 6. The smallest absolute Gasteiger partial charge is 0.310 e. The number of methoxy groups -OCH3 is 2. The van der Waals surface area contributed by atoms with Gasteiger partial charge in [-0.15, -0.1) is 12.4 Å². The third-order valence-electron chi connectivity index (χ3n) is 6.82. The van der Waals surface area contributed by atoms with Crippen molar-refractivity contribution in [1.29, 1.82) is 0 Å². The van der Waals surface area contributed by atoms with Crippen molar-refractivity contribution in [2.24, 2.45) is 11.8 Å². The topological polar surface area (TPSA) is 95.9 Å². The zero-order chi connectivity index (χ0) is 24.0. The molecule has 0 aromatic heterocycles. The van der Waals surface area contributed by atoms with Gasteiger partial charge in [-0.3, -0.25) is 4.79 Å². The molecule has 0 radical (unpaired) electrons. The number of esters is 1. The van der Waals surface area contributed by atoms with Crippen LogP contribution in [0.15, 0.2) is 24.3 Å². The number of cyclic esters (lactones) is 1. The number of rotatable bonds is 7. The zero-order valence-corrected chi connectivity index (χ0v) is 20.9. The highest BCUT2D eigenvalue weighted by atomic mass is 35.5. The highest BCUT2D eigenvalue weighted by Crippen LogP contribution is 2.56. The van der Waals surface area contributed by atoms with Crippen molar-refractivity contribution in [3.05, 3.63) is 41.0 Å². The lowest BCUT2D eigenvalue weighted by Gasteiger charge is -2.39. The monoisotopic (exact) mass is 507 g/mol. The van der Waals surface area contributed by atoms with Gasteiger partial charge >= 0.3 is 5.97 Å². The van der Waals surface area contributed by atoms with Crippen molar-refractivity contribution in [3.63, 3.8) is 0 Å². The number of hydrogen-bond acceptors (Lipinski definition) is 9. The molecular weight excluding hydrogens is 478 g/mol. The highest BCUT2D eigenvalue weighted by Gasteiger charge is 2.53. The molecule has 2 aromatic rings. The number of nitrogens with zero attached hydrogens (tertiary/aromatic N) is 1. The highest BCUT2D eigenvalue weighted by molar-refractivity contribution is 5.85. The normalized spacial score (nSPS) is 23.9. The second kappa shape index (κ2) is 10.0. The van der Waals surface area contributed by atoms with Gasteiger partial charge in [0.25, 0.3) is 0 Å². The second-order valence-electron chi connectivity index (χ2n) is 9.00. The summed E-state index contributed by atoms with van der Waals surface area (Å²) in [5.74, 6) is 0.418. The Morgan fingerprint density at radius 3 is 2.23 bits per heavy atom. The molecule has 4 atom stereocenters. The summed E-state index contributed by atoms with van der Waals surface area (Å²) in [7, 11) is 6.94. The number of carbonyl (C=O) groups excluding carboxylic acids is 1. The molecule has 0 bridgehead atoms. The number of phenols is 1. The summed E-state index contributed by atoms with van der Waals surface area (Å²) in [4.78, 5) is 15.1. The van der Waals surface area contributed by atoms with E-state index in [-0.39, 0.29) is 67.0 Å². The minimum absolute atomic E-state index is 0. The van der Waals surface area contributed by atoms with E-state index in [0.717, 1.165) is 23.2 Å². The molecule has 0 saturated carbocycles. The predicted molar refractivity (Wildman–Crippen MR) is 128 cm³/mol. The maximum atomic E-state index is 13.1. The molecule has 0 unspecified atom stereocenters. The van der Waals surface area contributed by atoms with Crippen LogP contribution in [-0.2, 0) is 14.3 Å². The van der Waals surface area contributed by atoms with Crippen LogP contribution in [0.3, 0.4) is 0 Å². The van der Waals surface area contributed by atoms with Crippen LogP contribution >= 0.6 is 12.4 Å². The minimum atomic E-state index is -0.476. The van der Waals surface area contributed by atoms with Crippen molar-refractivity contribution >= 4 is 18.4 Å². The van der Waals surface area contributed by atoms with E-state index >= 15 is 0 Å². The first-order chi connectivity index (χ1) is 16.4. The SMILES string of the molecule is COc1cc([C@@H]2c3cc4c(cc3[C@H](OCCN(C)C)[C@@H]3COC(=O)[C@H]23)OCO4)cc(OC)c1O.Cl. The molecule has 1 N–H and O–H groups in total. The average Bonchev–Trinajstić information content (AvgIpc) is 3.44. The van der Waals surface area contributed by atoms with Crippen molar-refractivity contribution in [1.82, 2.24) is 4.90 Å². The first-order valence-corrected chi connectivity index (χ1v) is 11.2. The lowest BCUT2D eigenvalue weighted by molar-refractivity contribution is -0.141. The van der Waals surface area contributed by atoms with Crippen LogP contribution in [0.4, 0.5) is 0 Å². The fraction of sp³-hybridized carbons (Fsp3) is 0.480. The number of hydrogen-bond donors (Lipinski definition) is 1. The van der Waals surface area contributed by atoms with Gasteiger partial charge in [0.15, 0.2) is 23.0 Å². The number of phenolic OH excluding ortho intramolecular Hbond substituents is 1. The standard InChI is InChI=1S/C25H29NO8.ClH/c1-26(2)5-6-31-24-15-10-18-17(33-12-34-18)9-14(15)21(22-16(24)11-32-25(22)28)13-7-19(29-3)23(27)20(8-13)30-4;/h7-10,16,21-22,24,27H,5-6,11-12H2,1-4H3;1H/t16-,21-,22+,24+;/m1./s1. The van der Waals surface area contributed by atoms with Crippen LogP contribution in [0.2, 0.25) is 0 Å². The van der Waals surface area contributed by atoms with E-state index in [1.807, 2.05) is 26.2 Å². The second-order valence-corrected chi connectivity index (χ2v) is 9.00. The number of halogens is 1. The Bertz CT molecular complexity index is 1080. The summed E-state index contributed by atoms with van der Waals surface area (Å²) in [6, 6.07) is 7.37. The molecular formula is C25H30ClNO8. The molecule has 9 nitrogen and oxygen atoms in total. The summed E-state index contributed by atoms with van der Waals surface area (Å²) in [5.41, 5.74) is 2.61. The van der Waals surface area contributed by atoms with E-state index < -0.39 is 5.92 Å². The van der Waals surface area contributed by atoms with Crippen LogP contribution in [0.1, 0.15) is 28.7 Å². The number of fused-ring (bicyclic) bond motifs is 3. The quantitative estimate of drug-likeness (QED) is 0.567. The van der Waals surface area contributed by atoms with Crippen molar-refractivity contribution in [2.75, 3.05) is 54.9 Å². The molecule has 190 valence electrons. The molecule has 10 heteroatoms. The number of likely N-dealkylation sites (N-methyl/N-ethyl adjacent to an activating group) is 1. The van der Waals surface area contributed by atoms with Crippen LogP contribution < -0.4 is 18.9 Å². The van der Waals surface area contributed by atoms with Crippen molar-refractivity contribution in [2.45, 2.75) is 12.0 Å². The van der Waals surface area contributed by atoms with Gasteiger partial charge in [0.2, 0.25) is 12.5 Å². The van der Waals surface area contributed by atoms with Crippen LogP contribution in [0.5, 0.6) is 28.7 Å². The van der Waals surface area contributed by atoms with E-state index in [1.165, 1.54) is 14.2 Å². The molecule has 0 amide bonds. The molecule has 1 fully saturated rings. The molecule has 3 aliphatic rings. The molecule has 5 rings (SSSR count). The molecule has 2 aliphatic heterocycles. The van der Waals surface area contributed by atoms with Gasteiger partial charge in [-0.1, -0.05) is 0 Å². The summed E-state index contributed by atoms with van der Waals surface area (Å²) in [6.07, 6.45) is -0.335. The average molecular weight is 508 g/mol. The summed E-state index contributed by atoms with van der Waals surface area (Å²) >= 11 is 0. The molecule has 1 aliphatic carbocycles. The Hall–Kier alpha value is -2.88. The van der Waals surface area contributed by atoms with Gasteiger partial charge in [-0.2, -0.15) is 0 Å². The fourth-order valence-corrected chi connectivity index (χ4v) is 5.18. The maximum absolute atomic E-state index is 13.1. The first kappa shape index (κ1) is 25.2. The molecule has 35 heavy (non-hydrogen) atoms. The van der Waals surface area contributed by atoms with Crippen LogP contribution in [0, 0.1) is 11.8 Å². The van der Waals surface area contributed by atoms with Crippen LogP contribution in [-0.4, -0.2) is 70.8 Å². The third-order valence-corrected chi connectivity index (χ3v) is 6.82. The Balaban J connectivity index is 0.00000289. The minimum Gasteiger partial charge on any atom is -0.502 e. The van der Waals surface area contributed by atoms with Crippen LogP contribution in [0.25, 0.3) is 0 Å². The fourth-order valence-electron chi connectivity index (χ4n) is 5.18. The Labute approximate surface area is 210 Å². The zero-order valence-electron chi connectivity index (χ0n) is 20.1. The van der Waals surface area contributed by atoms with Crippen molar-refractivity contribution < 1.29 is 38.3 Å². The molecule has 2 heterocycles. The number of aromatic hydroxyl groups is 1. The van der Waals surface area contributed by atoms with E-state index in [9.17, 15) is 9.90 Å². The molecule has 1 saturated heterocycles. The van der Waals surface area contributed by atoms with Gasteiger partial charge in [-0.05, 0) is 55.1 Å². The third kappa shape index (κ3) is 4.32. The summed E-state index contributed by atoms with van der Waals surface area (Å²) < 4.78 is 34.1. The Morgan fingerprint density at radius 2 is 1.63 bits per heavy atom. The maximum Gasteiger partial charge on any atom is 0.310 e.